The molecule has 0 bridgehead atoms. The summed E-state index contributed by atoms with van der Waals surface area (Å²) in [6.45, 7) is 2.38. The van der Waals surface area contributed by atoms with E-state index in [1.165, 1.54) is 12.1 Å². The molecule has 1 aliphatic rings. The lowest BCUT2D eigenvalue weighted by atomic mass is 9.82. The molecule has 0 spiro atoms. The number of carbonyl (C=O) groups excluding carboxylic acids is 1. The normalized spacial score (nSPS) is 22.2. The molecule has 21 heavy (non-hydrogen) atoms. The van der Waals surface area contributed by atoms with Gasteiger partial charge < -0.3 is 10.0 Å². The van der Waals surface area contributed by atoms with E-state index in [4.69, 9.17) is 0 Å². The molecule has 0 aliphatic heterocycles. The molecule has 114 valence electrons. The van der Waals surface area contributed by atoms with Crippen LogP contribution >= 0.6 is 0 Å². The van der Waals surface area contributed by atoms with E-state index in [-0.39, 0.29) is 17.7 Å². The van der Waals surface area contributed by atoms with Gasteiger partial charge in [0.1, 0.15) is 0 Å². The maximum absolute atomic E-state index is 12.4. The van der Waals surface area contributed by atoms with Crippen molar-refractivity contribution >= 4 is 11.6 Å². The van der Waals surface area contributed by atoms with E-state index in [1.807, 2.05) is 0 Å². The summed E-state index contributed by atoms with van der Waals surface area (Å²) in [6.07, 6.45) is 1.25. The maximum atomic E-state index is 12.4. The van der Waals surface area contributed by atoms with Crippen molar-refractivity contribution in [3.8, 4) is 0 Å². The number of rotatable bonds is 5. The minimum absolute atomic E-state index is 0.00285. The fraction of sp³-hybridized carbons (Fsp3) is 0.533. The Morgan fingerprint density at radius 3 is 2.76 bits per heavy atom. The Hall–Kier alpha value is -1.95. The Balaban J connectivity index is 2.01. The van der Waals surface area contributed by atoms with Crippen molar-refractivity contribution < 1.29 is 14.8 Å². The largest absolute Gasteiger partial charge is 0.393 e. The third-order valence-electron chi connectivity index (χ3n) is 4.07. The molecule has 1 amide bonds. The van der Waals surface area contributed by atoms with Gasteiger partial charge in [-0.05, 0) is 31.2 Å². The fourth-order valence-electron chi connectivity index (χ4n) is 2.71. The number of carbonyl (C=O) groups is 1. The number of hydrogen-bond donors (Lipinski definition) is 1. The number of nitro groups is 1. The van der Waals surface area contributed by atoms with Gasteiger partial charge in [-0.3, -0.25) is 14.9 Å². The lowest BCUT2D eigenvalue weighted by Crippen LogP contribution is -2.40. The zero-order valence-corrected chi connectivity index (χ0v) is 12.2. The molecule has 0 radical (unpaired) electrons. The van der Waals surface area contributed by atoms with Crippen LogP contribution in [0.5, 0.6) is 0 Å². The highest BCUT2D eigenvalue weighted by Gasteiger charge is 2.30. The summed E-state index contributed by atoms with van der Waals surface area (Å²) >= 11 is 0. The zero-order valence-electron chi connectivity index (χ0n) is 12.2. The summed E-state index contributed by atoms with van der Waals surface area (Å²) in [5, 5.41) is 20.1. The Morgan fingerprint density at radius 1 is 1.52 bits per heavy atom. The van der Waals surface area contributed by atoms with E-state index in [1.54, 1.807) is 31.0 Å². The molecular formula is C15H20N2O4. The summed E-state index contributed by atoms with van der Waals surface area (Å²) in [6, 6.07) is 6.19. The highest BCUT2D eigenvalue weighted by Crippen LogP contribution is 2.29. The molecule has 0 saturated heterocycles. The molecule has 0 aromatic heterocycles. The topological polar surface area (TPSA) is 83.7 Å². The predicted molar refractivity (Wildman–Crippen MR) is 77.9 cm³/mol. The standard InChI is InChI=1S/C15H20N2O4/c1-10(12-4-3-5-13(8-12)17(20)21)15(19)16(2)9-11-6-14(18)7-11/h3-5,8,10-11,14,18H,6-7,9H2,1-2H3. The van der Waals surface area contributed by atoms with Gasteiger partial charge in [-0.15, -0.1) is 0 Å². The third-order valence-corrected chi connectivity index (χ3v) is 4.07. The van der Waals surface area contributed by atoms with Crippen molar-refractivity contribution in [2.24, 2.45) is 5.92 Å². The van der Waals surface area contributed by atoms with Crippen LogP contribution in [0.25, 0.3) is 0 Å². The second-order valence-corrected chi connectivity index (χ2v) is 5.78. The summed E-state index contributed by atoms with van der Waals surface area (Å²) in [4.78, 5) is 24.4. The first-order chi connectivity index (χ1) is 9.88. The molecule has 1 N–H and O–H groups in total. The van der Waals surface area contributed by atoms with Gasteiger partial charge in [-0.1, -0.05) is 12.1 Å². The molecule has 6 nitrogen and oxygen atoms in total. The van der Waals surface area contributed by atoms with E-state index in [9.17, 15) is 20.0 Å². The number of hydrogen-bond acceptors (Lipinski definition) is 4. The number of benzene rings is 1. The third kappa shape index (κ3) is 3.58. The van der Waals surface area contributed by atoms with Crippen molar-refractivity contribution in [3.05, 3.63) is 39.9 Å². The van der Waals surface area contributed by atoms with Gasteiger partial charge in [0.05, 0.1) is 16.9 Å². The average Bonchev–Trinajstić information content (AvgIpc) is 2.44. The fourth-order valence-corrected chi connectivity index (χ4v) is 2.71. The van der Waals surface area contributed by atoms with Crippen molar-refractivity contribution in [1.82, 2.24) is 4.90 Å². The minimum Gasteiger partial charge on any atom is -0.393 e. The highest BCUT2D eigenvalue weighted by molar-refractivity contribution is 5.83. The highest BCUT2D eigenvalue weighted by atomic mass is 16.6. The van der Waals surface area contributed by atoms with E-state index in [2.05, 4.69) is 0 Å². The second-order valence-electron chi connectivity index (χ2n) is 5.78. The number of likely N-dealkylation sites (N-methyl/N-ethyl adjacent to an activating group) is 1. The van der Waals surface area contributed by atoms with E-state index in [0.29, 0.717) is 18.0 Å². The summed E-state index contributed by atoms with van der Waals surface area (Å²) < 4.78 is 0. The lowest BCUT2D eigenvalue weighted by Gasteiger charge is -2.35. The van der Waals surface area contributed by atoms with Crippen molar-refractivity contribution in [3.63, 3.8) is 0 Å². The molecule has 1 aliphatic carbocycles. The van der Waals surface area contributed by atoms with Gasteiger partial charge in [0.2, 0.25) is 5.91 Å². The first-order valence-corrected chi connectivity index (χ1v) is 7.06. The van der Waals surface area contributed by atoms with Crippen LogP contribution in [0.2, 0.25) is 0 Å². The SMILES string of the molecule is CC(C(=O)N(C)CC1CC(O)C1)c1cccc([N+](=O)[O-])c1. The van der Waals surface area contributed by atoms with Gasteiger partial charge in [0.15, 0.2) is 0 Å². The Morgan fingerprint density at radius 2 is 2.19 bits per heavy atom. The Labute approximate surface area is 123 Å². The van der Waals surface area contributed by atoms with Gasteiger partial charge in [-0.25, -0.2) is 0 Å². The number of aliphatic hydroxyl groups excluding tert-OH is 1. The predicted octanol–water partition coefficient (Wildman–Crippen LogP) is 1.93. The first kappa shape index (κ1) is 15.4. The number of amides is 1. The van der Waals surface area contributed by atoms with E-state index >= 15 is 0 Å². The van der Waals surface area contributed by atoms with Crippen LogP contribution in [0, 0.1) is 16.0 Å². The van der Waals surface area contributed by atoms with E-state index < -0.39 is 10.8 Å². The molecule has 0 heterocycles. The Kier molecular flexibility index (Phi) is 4.57. The van der Waals surface area contributed by atoms with Crippen LogP contribution in [0.15, 0.2) is 24.3 Å². The number of nitro benzene ring substituents is 1. The van der Waals surface area contributed by atoms with Crippen molar-refractivity contribution in [1.29, 1.82) is 0 Å². The molecule has 2 rings (SSSR count). The Bertz CT molecular complexity index is 540. The van der Waals surface area contributed by atoms with Crippen LogP contribution < -0.4 is 0 Å². The van der Waals surface area contributed by atoms with Gasteiger partial charge >= 0.3 is 0 Å². The van der Waals surface area contributed by atoms with Crippen molar-refractivity contribution in [2.45, 2.75) is 31.8 Å². The van der Waals surface area contributed by atoms with Crippen LogP contribution in [-0.2, 0) is 4.79 Å². The van der Waals surface area contributed by atoms with Gasteiger partial charge in [0, 0.05) is 25.7 Å². The summed E-state index contributed by atoms with van der Waals surface area (Å²) in [5.74, 6) is -0.122. The van der Waals surface area contributed by atoms with Gasteiger partial charge in [-0.2, -0.15) is 0 Å². The average molecular weight is 292 g/mol. The lowest BCUT2D eigenvalue weighted by molar-refractivity contribution is -0.384. The molecule has 1 aromatic carbocycles. The quantitative estimate of drug-likeness (QED) is 0.664. The molecule has 6 heteroatoms. The summed E-state index contributed by atoms with van der Waals surface area (Å²) in [7, 11) is 1.74. The first-order valence-electron chi connectivity index (χ1n) is 7.06. The maximum Gasteiger partial charge on any atom is 0.269 e. The van der Waals surface area contributed by atoms with Crippen LogP contribution in [-0.4, -0.2) is 40.5 Å². The van der Waals surface area contributed by atoms with Crippen LogP contribution in [0.3, 0.4) is 0 Å². The number of non-ortho nitro benzene ring substituents is 1. The molecule has 1 saturated carbocycles. The molecule has 1 aromatic rings. The molecule has 1 fully saturated rings. The zero-order chi connectivity index (χ0) is 15.6. The van der Waals surface area contributed by atoms with E-state index in [0.717, 1.165) is 12.8 Å². The van der Waals surface area contributed by atoms with Crippen LogP contribution in [0.4, 0.5) is 5.69 Å². The minimum atomic E-state index is -0.458. The molecule has 1 atom stereocenters. The monoisotopic (exact) mass is 292 g/mol. The molecular weight excluding hydrogens is 272 g/mol. The number of nitrogens with zero attached hydrogens (tertiary/aromatic N) is 2. The molecule has 1 unspecified atom stereocenters. The van der Waals surface area contributed by atoms with Gasteiger partial charge in [0.25, 0.3) is 5.69 Å². The second kappa shape index (κ2) is 6.22. The smallest absolute Gasteiger partial charge is 0.269 e. The summed E-state index contributed by atoms with van der Waals surface area (Å²) in [5.41, 5.74) is 0.645. The number of aliphatic hydroxyl groups is 1. The van der Waals surface area contributed by atoms with Crippen LogP contribution in [0.1, 0.15) is 31.2 Å². The van der Waals surface area contributed by atoms with Crippen molar-refractivity contribution in [2.75, 3.05) is 13.6 Å².